The number of rotatable bonds is 7. The predicted octanol–water partition coefficient (Wildman–Crippen LogP) is 3.54. The molecule has 0 amide bonds. The van der Waals surface area contributed by atoms with Gasteiger partial charge in [-0.1, -0.05) is 50.2 Å². The van der Waals surface area contributed by atoms with E-state index in [0.717, 1.165) is 28.8 Å². The molecule has 2 aromatic carbocycles. The van der Waals surface area contributed by atoms with E-state index in [1.807, 2.05) is 49.6 Å². The van der Waals surface area contributed by atoms with E-state index < -0.39 is 17.1 Å². The van der Waals surface area contributed by atoms with Gasteiger partial charge >= 0.3 is 11.5 Å². The molecule has 0 radical (unpaired) electrons. The second-order valence-electron chi connectivity index (χ2n) is 9.38. The summed E-state index contributed by atoms with van der Waals surface area (Å²) in [5, 5.41) is 3.33. The highest BCUT2D eigenvalue weighted by atomic mass is 31.0. The van der Waals surface area contributed by atoms with E-state index in [1.165, 1.54) is 25.9 Å². The number of halogens is 2. The van der Waals surface area contributed by atoms with Gasteiger partial charge in [-0.15, -0.1) is 0 Å². The van der Waals surface area contributed by atoms with Crippen molar-refractivity contribution in [3.8, 4) is 5.75 Å². The zero-order chi connectivity index (χ0) is 29.0. The first-order valence-corrected chi connectivity index (χ1v) is 13.8. The van der Waals surface area contributed by atoms with Gasteiger partial charge in [0.1, 0.15) is 5.75 Å². The predicted molar refractivity (Wildman–Crippen MR) is 157 cm³/mol. The van der Waals surface area contributed by atoms with Crippen molar-refractivity contribution in [3.63, 3.8) is 0 Å². The van der Waals surface area contributed by atoms with Crippen LogP contribution < -0.4 is 26.2 Å². The molecule has 214 valence electrons. The average Bonchev–Trinajstić information content (AvgIpc) is 3.31. The molecule has 0 spiro atoms. The van der Waals surface area contributed by atoms with Crippen molar-refractivity contribution in [2.24, 2.45) is 7.05 Å². The zero-order valence-electron chi connectivity index (χ0n) is 23.2. The van der Waals surface area contributed by atoms with Crippen molar-refractivity contribution in [2.75, 3.05) is 31.1 Å². The molecule has 0 bridgehead atoms. The SMILES string of the molecule is CC.Cc1ccccc1Cn1c(N2CCNCC2)nc2c1c(=O)n(Cc1cccc(OC(F)(F)P)c1)c(=O)n2C. The summed E-state index contributed by atoms with van der Waals surface area (Å²) >= 11 is 0. The second-order valence-corrected chi connectivity index (χ2v) is 10.0. The number of benzene rings is 2. The summed E-state index contributed by atoms with van der Waals surface area (Å²) in [5.41, 5.74) is 2.17. The Labute approximate surface area is 233 Å². The summed E-state index contributed by atoms with van der Waals surface area (Å²) in [6.07, 6.45) is 0. The lowest BCUT2D eigenvalue weighted by Crippen LogP contribution is -2.44. The van der Waals surface area contributed by atoms with Crippen LogP contribution in [0.5, 0.6) is 5.75 Å². The Bertz CT molecular complexity index is 1600. The van der Waals surface area contributed by atoms with Crippen LogP contribution in [0.15, 0.2) is 58.1 Å². The lowest BCUT2D eigenvalue weighted by Gasteiger charge is -2.29. The minimum Gasteiger partial charge on any atom is -0.430 e. The number of alkyl halides is 2. The number of hydrogen-bond donors (Lipinski definition) is 1. The third-order valence-corrected chi connectivity index (χ3v) is 6.81. The first-order valence-electron chi connectivity index (χ1n) is 13.3. The molecule has 0 aliphatic carbocycles. The molecule has 4 aromatic rings. The van der Waals surface area contributed by atoms with Crippen LogP contribution in [0.1, 0.15) is 30.5 Å². The van der Waals surface area contributed by atoms with Gasteiger partial charge in [0.05, 0.1) is 13.1 Å². The van der Waals surface area contributed by atoms with Crippen molar-refractivity contribution in [3.05, 3.63) is 86.1 Å². The molecule has 1 aliphatic rings. The fraction of sp³-hybridized carbons (Fsp3) is 0.393. The average molecular weight is 573 g/mol. The highest BCUT2D eigenvalue weighted by Gasteiger charge is 2.26. The molecule has 5 rings (SSSR count). The number of piperazine rings is 1. The van der Waals surface area contributed by atoms with Gasteiger partial charge in [-0.2, -0.15) is 13.8 Å². The summed E-state index contributed by atoms with van der Waals surface area (Å²) in [6, 6.07) is 13.9. The fourth-order valence-electron chi connectivity index (χ4n) is 4.76. The third kappa shape index (κ3) is 6.26. The quantitative estimate of drug-likeness (QED) is 0.341. The number of fused-ring (bicyclic) bond motifs is 1. The Hall–Kier alpha value is -3.56. The highest BCUT2D eigenvalue weighted by molar-refractivity contribution is 7.17. The van der Waals surface area contributed by atoms with Crippen LogP contribution in [0.2, 0.25) is 0 Å². The summed E-state index contributed by atoms with van der Waals surface area (Å²) in [7, 11) is 2.91. The molecular weight excluding hydrogens is 537 g/mol. The normalized spacial score (nSPS) is 13.7. The molecule has 9 nitrogen and oxygen atoms in total. The summed E-state index contributed by atoms with van der Waals surface area (Å²) in [6.45, 7) is 9.30. The van der Waals surface area contributed by atoms with Crippen LogP contribution in [0.25, 0.3) is 11.2 Å². The van der Waals surface area contributed by atoms with Gasteiger partial charge in [0.2, 0.25) is 5.95 Å². The van der Waals surface area contributed by atoms with Gasteiger partial charge in [0.25, 0.3) is 5.56 Å². The Morgan fingerprint density at radius 1 is 1.02 bits per heavy atom. The summed E-state index contributed by atoms with van der Waals surface area (Å²) in [4.78, 5) is 34.2. The number of hydrogen-bond acceptors (Lipinski definition) is 6. The first-order chi connectivity index (χ1) is 19.1. The third-order valence-electron chi connectivity index (χ3n) is 6.69. The first kappa shape index (κ1) is 29.4. The van der Waals surface area contributed by atoms with Gasteiger partial charge in [-0.25, -0.2) is 4.79 Å². The van der Waals surface area contributed by atoms with Gasteiger partial charge in [0.15, 0.2) is 11.2 Å². The molecule has 1 N–H and O–H groups in total. The molecule has 1 fully saturated rings. The van der Waals surface area contributed by atoms with Crippen LogP contribution >= 0.6 is 9.24 Å². The maximum atomic E-state index is 13.9. The Balaban J connectivity index is 0.00000181. The van der Waals surface area contributed by atoms with Gasteiger partial charge in [-0.3, -0.25) is 18.5 Å². The maximum absolute atomic E-state index is 13.9. The van der Waals surface area contributed by atoms with Crippen LogP contribution in [-0.4, -0.2) is 50.7 Å². The Morgan fingerprint density at radius 3 is 2.40 bits per heavy atom. The fourth-order valence-corrected chi connectivity index (χ4v) is 4.90. The van der Waals surface area contributed by atoms with E-state index in [2.05, 4.69) is 15.0 Å². The Morgan fingerprint density at radius 2 is 1.73 bits per heavy atom. The van der Waals surface area contributed by atoms with Crippen LogP contribution in [0.3, 0.4) is 0 Å². The molecular formula is C28H35F2N6O3P. The van der Waals surface area contributed by atoms with E-state index in [-0.39, 0.29) is 12.3 Å². The highest BCUT2D eigenvalue weighted by Crippen LogP contribution is 2.28. The van der Waals surface area contributed by atoms with E-state index in [1.54, 1.807) is 19.2 Å². The lowest BCUT2D eigenvalue weighted by molar-refractivity contribution is -0.0892. The van der Waals surface area contributed by atoms with Gasteiger partial charge < -0.3 is 15.0 Å². The van der Waals surface area contributed by atoms with Crippen LogP contribution in [-0.2, 0) is 20.1 Å². The van der Waals surface area contributed by atoms with Crippen molar-refractivity contribution < 1.29 is 13.5 Å². The van der Waals surface area contributed by atoms with Crippen molar-refractivity contribution in [1.29, 1.82) is 0 Å². The molecule has 1 unspecified atom stereocenters. The molecule has 1 atom stereocenters. The molecule has 12 heteroatoms. The van der Waals surface area contributed by atoms with Crippen LogP contribution in [0, 0.1) is 6.92 Å². The molecule has 40 heavy (non-hydrogen) atoms. The van der Waals surface area contributed by atoms with E-state index >= 15 is 0 Å². The molecule has 1 saturated heterocycles. The minimum atomic E-state index is -3.44. The largest absolute Gasteiger partial charge is 0.430 e. The topological polar surface area (TPSA) is 86.3 Å². The lowest BCUT2D eigenvalue weighted by atomic mass is 10.1. The van der Waals surface area contributed by atoms with E-state index in [9.17, 15) is 18.4 Å². The number of anilines is 1. The number of imidazole rings is 1. The smallest absolute Gasteiger partial charge is 0.408 e. The number of aryl methyl sites for hydroxylation is 2. The van der Waals surface area contributed by atoms with Crippen molar-refractivity contribution in [2.45, 2.75) is 39.7 Å². The number of aromatic nitrogens is 4. The number of nitrogens with zero attached hydrogens (tertiary/aromatic N) is 5. The second kappa shape index (κ2) is 12.3. The molecule has 0 saturated carbocycles. The number of ether oxygens (including phenoxy) is 1. The van der Waals surface area contributed by atoms with E-state index in [0.29, 0.717) is 42.3 Å². The molecule has 3 heterocycles. The monoisotopic (exact) mass is 572 g/mol. The van der Waals surface area contributed by atoms with Crippen LogP contribution in [0.4, 0.5) is 14.7 Å². The summed E-state index contributed by atoms with van der Waals surface area (Å²) < 4.78 is 35.7. The summed E-state index contributed by atoms with van der Waals surface area (Å²) in [5.74, 6) is -2.88. The van der Waals surface area contributed by atoms with Crippen molar-refractivity contribution in [1.82, 2.24) is 24.0 Å². The number of nitrogens with one attached hydrogen (secondary N) is 1. The minimum absolute atomic E-state index is 0.0703. The van der Waals surface area contributed by atoms with Crippen molar-refractivity contribution >= 4 is 26.4 Å². The van der Waals surface area contributed by atoms with Gasteiger partial charge in [-0.05, 0) is 45.0 Å². The Kier molecular flexibility index (Phi) is 9.05. The van der Waals surface area contributed by atoms with E-state index in [4.69, 9.17) is 4.98 Å². The maximum Gasteiger partial charge on any atom is 0.408 e. The molecule has 1 aliphatic heterocycles. The zero-order valence-corrected chi connectivity index (χ0v) is 24.3. The molecule has 2 aromatic heterocycles. The standard InChI is InChI=1S/C26H29F2N6O3P.C2H6/c1-17-6-3-4-8-19(17)16-33-21-22(30-24(33)32-12-10-29-11-13-32)31(2)25(36)34(23(21)35)15-18-7-5-9-20(14-18)37-26(27,28)38;1-2/h3-9,14,29H,10-13,15-16,38H2,1-2H3;1-2H3. The van der Waals surface area contributed by atoms with Gasteiger partial charge in [0, 0.05) is 33.2 Å².